The van der Waals surface area contributed by atoms with Gasteiger partial charge in [-0.25, -0.2) is 4.79 Å². The highest BCUT2D eigenvalue weighted by atomic mass is 16.6. The zero-order valence-corrected chi connectivity index (χ0v) is 26.6. The second kappa shape index (κ2) is 15.8. The molecule has 3 atom stereocenters. The Morgan fingerprint density at radius 1 is 1.00 bits per heavy atom. The van der Waals surface area contributed by atoms with Gasteiger partial charge in [-0.3, -0.25) is 9.59 Å². The molecule has 1 aromatic rings. The molecule has 7 heteroatoms. The van der Waals surface area contributed by atoms with Gasteiger partial charge in [0.25, 0.3) is 0 Å². The summed E-state index contributed by atoms with van der Waals surface area (Å²) in [5, 5.41) is 6.10. The van der Waals surface area contributed by atoms with Gasteiger partial charge in [0.05, 0.1) is 0 Å². The number of terminal acetylenes is 1. The first-order valence-electron chi connectivity index (χ1n) is 15.4. The summed E-state index contributed by atoms with van der Waals surface area (Å²) in [6.45, 7) is 15.6. The largest absolute Gasteiger partial charge is 0.444 e. The monoisotopic (exact) mass is 567 g/mol. The third-order valence-electron chi connectivity index (χ3n) is 7.48. The minimum absolute atomic E-state index is 0.0611. The first kappa shape index (κ1) is 34.2. The molecule has 7 nitrogen and oxygen atoms in total. The van der Waals surface area contributed by atoms with Crippen LogP contribution in [0.5, 0.6) is 0 Å². The van der Waals surface area contributed by atoms with Gasteiger partial charge in [0.1, 0.15) is 17.7 Å². The molecule has 1 saturated carbocycles. The Balaban J connectivity index is 2.62. The number of ether oxygens (including phenoxy) is 1. The highest BCUT2D eigenvalue weighted by Crippen LogP contribution is 2.31. The number of alkyl carbamates (subject to hydrolysis) is 1. The Bertz CT molecular complexity index is 1050. The maximum absolute atomic E-state index is 14.6. The van der Waals surface area contributed by atoms with Crippen molar-refractivity contribution in [3.63, 3.8) is 0 Å². The van der Waals surface area contributed by atoms with Crippen LogP contribution in [0.3, 0.4) is 0 Å². The molecule has 0 radical (unpaired) electrons. The molecule has 0 bridgehead atoms. The molecule has 0 aromatic heterocycles. The number of benzene rings is 1. The summed E-state index contributed by atoms with van der Waals surface area (Å²) >= 11 is 0. The maximum Gasteiger partial charge on any atom is 0.408 e. The molecule has 0 aliphatic heterocycles. The average Bonchev–Trinajstić information content (AvgIpc) is 2.88. The highest BCUT2D eigenvalue weighted by molar-refractivity contribution is 5.93. The SMILES string of the molecule is C#Cc1ccccc1C(C(=O)NC1CCCCC1)N(C(=O)C(CC(C)C)NC(=O)OC(C)(C)C)C(C)CCC(C)C. The topological polar surface area (TPSA) is 87.7 Å². The molecule has 3 unspecified atom stereocenters. The van der Waals surface area contributed by atoms with Crippen molar-refractivity contribution in [1.29, 1.82) is 0 Å². The summed E-state index contributed by atoms with van der Waals surface area (Å²) in [7, 11) is 0. The lowest BCUT2D eigenvalue weighted by atomic mass is 9.91. The van der Waals surface area contributed by atoms with E-state index in [-0.39, 0.29) is 29.8 Å². The van der Waals surface area contributed by atoms with Crippen LogP contribution in [-0.2, 0) is 14.3 Å². The van der Waals surface area contributed by atoms with Crippen LogP contribution < -0.4 is 10.6 Å². The summed E-state index contributed by atoms with van der Waals surface area (Å²) in [6, 6.07) is 5.32. The van der Waals surface area contributed by atoms with Gasteiger partial charge in [0.15, 0.2) is 0 Å². The number of rotatable bonds is 12. The molecular weight excluding hydrogens is 514 g/mol. The van der Waals surface area contributed by atoms with Crippen LogP contribution >= 0.6 is 0 Å². The standard InChI is InChI=1S/C34H53N3O4/c1-10-26-16-14-15-19-28(26)30(31(38)35-27-17-12-11-13-18-27)37(25(6)21-20-23(2)3)32(39)29(22-24(4)5)36-33(40)41-34(7,8)9/h1,14-16,19,23-25,27,29-30H,11-13,17-18,20-22H2,2-9H3,(H,35,38)(H,36,40). The van der Waals surface area contributed by atoms with Crippen molar-refractivity contribution in [3.8, 4) is 12.3 Å². The molecular formula is C34H53N3O4. The van der Waals surface area contributed by atoms with E-state index >= 15 is 0 Å². The van der Waals surface area contributed by atoms with E-state index in [2.05, 4.69) is 30.4 Å². The third-order valence-corrected chi connectivity index (χ3v) is 7.48. The number of hydrogen-bond donors (Lipinski definition) is 2. The molecule has 1 aliphatic rings. The van der Waals surface area contributed by atoms with E-state index in [1.54, 1.807) is 25.7 Å². The second-order valence-electron chi connectivity index (χ2n) is 13.4. The number of carbonyl (C=O) groups excluding carboxylic acids is 3. The quantitative estimate of drug-likeness (QED) is 0.274. The second-order valence-corrected chi connectivity index (χ2v) is 13.4. The zero-order chi connectivity index (χ0) is 30.7. The van der Waals surface area contributed by atoms with Gasteiger partial charge in [0.2, 0.25) is 11.8 Å². The van der Waals surface area contributed by atoms with Gasteiger partial charge < -0.3 is 20.3 Å². The van der Waals surface area contributed by atoms with Crippen LogP contribution in [0.4, 0.5) is 4.79 Å². The normalized spacial score (nSPS) is 16.4. The lowest BCUT2D eigenvalue weighted by molar-refractivity contribution is -0.146. The fourth-order valence-corrected chi connectivity index (χ4v) is 5.45. The lowest BCUT2D eigenvalue weighted by Gasteiger charge is -2.40. The van der Waals surface area contributed by atoms with Crippen LogP contribution in [0.15, 0.2) is 24.3 Å². The van der Waals surface area contributed by atoms with Crippen LogP contribution in [0.25, 0.3) is 0 Å². The summed E-state index contributed by atoms with van der Waals surface area (Å²) in [6.07, 6.45) is 12.4. The minimum Gasteiger partial charge on any atom is -0.444 e. The van der Waals surface area contributed by atoms with E-state index in [0.29, 0.717) is 29.9 Å². The predicted octanol–water partition coefficient (Wildman–Crippen LogP) is 6.75. The number of hydrogen-bond acceptors (Lipinski definition) is 4. The van der Waals surface area contributed by atoms with Gasteiger partial charge in [0, 0.05) is 17.6 Å². The van der Waals surface area contributed by atoms with Crippen molar-refractivity contribution in [2.24, 2.45) is 11.8 Å². The fourth-order valence-electron chi connectivity index (χ4n) is 5.45. The van der Waals surface area contributed by atoms with E-state index in [1.807, 2.05) is 45.0 Å². The molecule has 0 spiro atoms. The summed E-state index contributed by atoms with van der Waals surface area (Å²) in [5.41, 5.74) is 0.479. The lowest BCUT2D eigenvalue weighted by Crippen LogP contribution is -2.56. The smallest absolute Gasteiger partial charge is 0.408 e. The molecule has 41 heavy (non-hydrogen) atoms. The Morgan fingerprint density at radius 2 is 1.63 bits per heavy atom. The van der Waals surface area contributed by atoms with E-state index in [4.69, 9.17) is 11.2 Å². The van der Waals surface area contributed by atoms with E-state index < -0.39 is 23.8 Å². The first-order chi connectivity index (χ1) is 19.2. The predicted molar refractivity (Wildman–Crippen MR) is 165 cm³/mol. The molecule has 0 saturated heterocycles. The fraction of sp³-hybridized carbons (Fsp3) is 0.676. The number of nitrogens with one attached hydrogen (secondary N) is 2. The average molecular weight is 568 g/mol. The van der Waals surface area contributed by atoms with Crippen molar-refractivity contribution in [3.05, 3.63) is 35.4 Å². The Hall–Kier alpha value is -3.01. The van der Waals surface area contributed by atoms with Crippen molar-refractivity contribution in [2.45, 2.75) is 137 Å². The Labute approximate surface area is 248 Å². The molecule has 0 heterocycles. The number of nitrogens with zero attached hydrogens (tertiary/aromatic N) is 1. The summed E-state index contributed by atoms with van der Waals surface area (Å²) in [4.78, 5) is 43.4. The van der Waals surface area contributed by atoms with Gasteiger partial charge in [-0.1, -0.05) is 71.1 Å². The minimum atomic E-state index is -0.936. The highest BCUT2D eigenvalue weighted by Gasteiger charge is 2.40. The van der Waals surface area contributed by atoms with Gasteiger partial charge in [-0.2, -0.15) is 0 Å². The molecule has 2 N–H and O–H groups in total. The van der Waals surface area contributed by atoms with Crippen LogP contribution in [0.2, 0.25) is 0 Å². The molecule has 2 rings (SSSR count). The van der Waals surface area contributed by atoms with E-state index in [1.165, 1.54) is 6.42 Å². The van der Waals surface area contributed by atoms with Crippen molar-refractivity contribution < 1.29 is 19.1 Å². The van der Waals surface area contributed by atoms with Gasteiger partial charge in [-0.05, 0) is 83.3 Å². The van der Waals surface area contributed by atoms with Crippen LogP contribution in [-0.4, -0.2) is 46.5 Å². The molecule has 1 aromatic carbocycles. The molecule has 1 fully saturated rings. The zero-order valence-electron chi connectivity index (χ0n) is 26.6. The van der Waals surface area contributed by atoms with Crippen molar-refractivity contribution in [2.75, 3.05) is 0 Å². The van der Waals surface area contributed by atoms with Crippen LogP contribution in [0.1, 0.15) is 124 Å². The first-order valence-corrected chi connectivity index (χ1v) is 15.4. The molecule has 3 amide bonds. The van der Waals surface area contributed by atoms with Gasteiger partial charge >= 0.3 is 6.09 Å². The van der Waals surface area contributed by atoms with Gasteiger partial charge in [-0.15, -0.1) is 6.42 Å². The summed E-state index contributed by atoms with van der Waals surface area (Å²) < 4.78 is 5.52. The van der Waals surface area contributed by atoms with E-state index in [9.17, 15) is 14.4 Å². The summed E-state index contributed by atoms with van der Waals surface area (Å²) in [5.74, 6) is 2.72. The Morgan fingerprint density at radius 3 is 2.20 bits per heavy atom. The van der Waals surface area contributed by atoms with Crippen molar-refractivity contribution >= 4 is 17.9 Å². The molecule has 228 valence electrons. The molecule has 1 aliphatic carbocycles. The maximum atomic E-state index is 14.6. The number of carbonyl (C=O) groups is 3. The third kappa shape index (κ3) is 11.1. The van der Waals surface area contributed by atoms with Crippen molar-refractivity contribution in [1.82, 2.24) is 15.5 Å². The van der Waals surface area contributed by atoms with E-state index in [0.717, 1.165) is 32.1 Å². The Kier molecular flexibility index (Phi) is 13.2. The number of amides is 3. The van der Waals surface area contributed by atoms with Crippen LogP contribution in [0, 0.1) is 24.2 Å².